The van der Waals surface area contributed by atoms with Crippen LogP contribution in [0.4, 0.5) is 4.39 Å². The summed E-state index contributed by atoms with van der Waals surface area (Å²) in [6.07, 6.45) is 5.64. The van der Waals surface area contributed by atoms with Gasteiger partial charge in [-0.3, -0.25) is 9.88 Å². The van der Waals surface area contributed by atoms with Crippen molar-refractivity contribution in [2.75, 3.05) is 19.7 Å². The first kappa shape index (κ1) is 16.4. The predicted octanol–water partition coefficient (Wildman–Crippen LogP) is 3.38. The minimum absolute atomic E-state index is 0.302. The Morgan fingerprint density at radius 1 is 1.29 bits per heavy atom. The standard InChI is InChI=1S/C19H20FN3O/c20-19-10-15(11-21)3-4-17(19)13-23-9-1-2-16(12-23)14-24-18-5-7-22-8-6-18/h3-8,10,16H,1-2,9,12-14H2. The number of rotatable bonds is 5. The third-order valence-corrected chi connectivity index (χ3v) is 4.31. The van der Waals surface area contributed by atoms with Gasteiger partial charge in [0.05, 0.1) is 18.2 Å². The average molecular weight is 325 g/mol. The van der Waals surface area contributed by atoms with E-state index in [1.165, 1.54) is 6.07 Å². The Kier molecular flexibility index (Phi) is 5.39. The first-order chi connectivity index (χ1) is 11.7. The molecule has 1 aliphatic heterocycles. The van der Waals surface area contributed by atoms with Crippen molar-refractivity contribution in [3.8, 4) is 11.8 Å². The van der Waals surface area contributed by atoms with Gasteiger partial charge >= 0.3 is 0 Å². The summed E-state index contributed by atoms with van der Waals surface area (Å²) in [6, 6.07) is 10.4. The second-order valence-corrected chi connectivity index (χ2v) is 6.16. The molecule has 0 N–H and O–H groups in total. The van der Waals surface area contributed by atoms with Crippen LogP contribution in [0.2, 0.25) is 0 Å². The lowest BCUT2D eigenvalue weighted by molar-refractivity contribution is 0.124. The van der Waals surface area contributed by atoms with E-state index in [9.17, 15) is 4.39 Å². The van der Waals surface area contributed by atoms with Gasteiger partial charge in [-0.05, 0) is 43.7 Å². The molecular formula is C19H20FN3O. The van der Waals surface area contributed by atoms with Crippen LogP contribution in [0.1, 0.15) is 24.0 Å². The van der Waals surface area contributed by atoms with Gasteiger partial charge in [0.25, 0.3) is 0 Å². The zero-order valence-corrected chi connectivity index (χ0v) is 13.5. The number of hydrogen-bond acceptors (Lipinski definition) is 4. The summed E-state index contributed by atoms with van der Waals surface area (Å²) >= 11 is 0. The lowest BCUT2D eigenvalue weighted by atomic mass is 9.98. The predicted molar refractivity (Wildman–Crippen MR) is 88.8 cm³/mol. The number of benzene rings is 1. The van der Waals surface area contributed by atoms with Crippen LogP contribution in [-0.2, 0) is 6.54 Å². The molecule has 0 saturated carbocycles. The molecule has 0 aliphatic carbocycles. The third kappa shape index (κ3) is 4.30. The van der Waals surface area contributed by atoms with Crippen molar-refractivity contribution in [2.24, 2.45) is 5.92 Å². The van der Waals surface area contributed by atoms with E-state index in [1.807, 2.05) is 18.2 Å². The smallest absolute Gasteiger partial charge is 0.129 e. The fraction of sp³-hybridized carbons (Fsp3) is 0.368. The van der Waals surface area contributed by atoms with E-state index < -0.39 is 0 Å². The number of ether oxygens (including phenoxy) is 1. The van der Waals surface area contributed by atoms with Crippen LogP contribution in [0.5, 0.6) is 5.75 Å². The molecule has 1 aromatic carbocycles. The second-order valence-electron chi connectivity index (χ2n) is 6.16. The Bertz CT molecular complexity index is 714. The molecule has 1 aromatic heterocycles. The van der Waals surface area contributed by atoms with Gasteiger partial charge in [0, 0.05) is 37.0 Å². The summed E-state index contributed by atoms with van der Waals surface area (Å²) in [5.41, 5.74) is 1.00. The molecule has 3 rings (SSSR count). The number of halogens is 1. The molecule has 4 nitrogen and oxygen atoms in total. The summed E-state index contributed by atoms with van der Waals surface area (Å²) in [5.74, 6) is 0.970. The van der Waals surface area contributed by atoms with Gasteiger partial charge in [-0.25, -0.2) is 4.39 Å². The van der Waals surface area contributed by atoms with Gasteiger partial charge in [0.15, 0.2) is 0 Å². The maximum Gasteiger partial charge on any atom is 0.129 e. The molecular weight excluding hydrogens is 305 g/mol. The largest absolute Gasteiger partial charge is 0.493 e. The maximum atomic E-state index is 14.1. The molecule has 0 radical (unpaired) electrons. The SMILES string of the molecule is N#Cc1ccc(CN2CCCC(COc3ccncc3)C2)c(F)c1. The van der Waals surface area contributed by atoms with Crippen molar-refractivity contribution < 1.29 is 9.13 Å². The molecule has 1 saturated heterocycles. The summed E-state index contributed by atoms with van der Waals surface area (Å²) in [6.45, 7) is 3.09. The molecule has 1 atom stereocenters. The molecule has 2 heterocycles. The molecule has 124 valence electrons. The number of likely N-dealkylation sites (tertiary alicyclic amines) is 1. The van der Waals surface area contributed by atoms with Crippen LogP contribution in [-0.4, -0.2) is 29.6 Å². The van der Waals surface area contributed by atoms with E-state index in [1.54, 1.807) is 24.5 Å². The van der Waals surface area contributed by atoms with Crippen molar-refractivity contribution in [1.29, 1.82) is 5.26 Å². The fourth-order valence-corrected chi connectivity index (χ4v) is 3.07. The molecule has 0 bridgehead atoms. The molecule has 5 heteroatoms. The minimum atomic E-state index is -0.302. The van der Waals surface area contributed by atoms with Gasteiger partial charge in [-0.15, -0.1) is 0 Å². The van der Waals surface area contributed by atoms with Crippen molar-refractivity contribution in [1.82, 2.24) is 9.88 Å². The van der Waals surface area contributed by atoms with E-state index in [-0.39, 0.29) is 5.82 Å². The Morgan fingerprint density at radius 2 is 2.12 bits per heavy atom. The first-order valence-electron chi connectivity index (χ1n) is 8.18. The first-order valence-corrected chi connectivity index (χ1v) is 8.18. The Morgan fingerprint density at radius 3 is 2.88 bits per heavy atom. The normalized spacial score (nSPS) is 18.1. The Hall–Kier alpha value is -2.45. The van der Waals surface area contributed by atoms with Crippen LogP contribution in [0.3, 0.4) is 0 Å². The van der Waals surface area contributed by atoms with E-state index in [4.69, 9.17) is 10.00 Å². The quantitative estimate of drug-likeness (QED) is 0.845. The number of nitriles is 1. The highest BCUT2D eigenvalue weighted by Gasteiger charge is 2.21. The fourth-order valence-electron chi connectivity index (χ4n) is 3.07. The van der Waals surface area contributed by atoms with E-state index in [0.29, 0.717) is 30.2 Å². The average Bonchev–Trinajstić information content (AvgIpc) is 2.63. The molecule has 2 aromatic rings. The monoisotopic (exact) mass is 325 g/mol. The van der Waals surface area contributed by atoms with Crippen LogP contribution in [0.15, 0.2) is 42.7 Å². The number of aromatic nitrogens is 1. The maximum absolute atomic E-state index is 14.1. The number of hydrogen-bond donors (Lipinski definition) is 0. The third-order valence-electron chi connectivity index (χ3n) is 4.31. The van der Waals surface area contributed by atoms with Crippen molar-refractivity contribution in [2.45, 2.75) is 19.4 Å². The van der Waals surface area contributed by atoms with Gasteiger partial charge in [0.2, 0.25) is 0 Å². The highest BCUT2D eigenvalue weighted by Crippen LogP contribution is 2.21. The zero-order chi connectivity index (χ0) is 16.8. The number of nitrogens with zero attached hydrogens (tertiary/aromatic N) is 3. The van der Waals surface area contributed by atoms with E-state index >= 15 is 0 Å². The summed E-state index contributed by atoms with van der Waals surface area (Å²) in [4.78, 5) is 6.23. The van der Waals surface area contributed by atoms with E-state index in [0.717, 1.165) is 31.7 Å². The molecule has 0 spiro atoms. The van der Waals surface area contributed by atoms with Crippen LogP contribution < -0.4 is 4.74 Å². The Balaban J connectivity index is 1.55. The highest BCUT2D eigenvalue weighted by molar-refractivity contribution is 5.32. The molecule has 1 fully saturated rings. The molecule has 1 unspecified atom stereocenters. The minimum Gasteiger partial charge on any atom is -0.493 e. The van der Waals surface area contributed by atoms with Crippen LogP contribution in [0.25, 0.3) is 0 Å². The van der Waals surface area contributed by atoms with Gasteiger partial charge in [-0.2, -0.15) is 5.26 Å². The lowest BCUT2D eigenvalue weighted by Gasteiger charge is -2.32. The van der Waals surface area contributed by atoms with E-state index in [2.05, 4.69) is 9.88 Å². The van der Waals surface area contributed by atoms with Crippen LogP contribution in [0, 0.1) is 23.1 Å². The molecule has 24 heavy (non-hydrogen) atoms. The zero-order valence-electron chi connectivity index (χ0n) is 13.5. The number of pyridine rings is 1. The summed E-state index contributed by atoms with van der Waals surface area (Å²) in [7, 11) is 0. The van der Waals surface area contributed by atoms with Gasteiger partial charge in [-0.1, -0.05) is 6.07 Å². The highest BCUT2D eigenvalue weighted by atomic mass is 19.1. The summed E-state index contributed by atoms with van der Waals surface area (Å²) in [5, 5.41) is 8.82. The Labute approximate surface area is 141 Å². The van der Waals surface area contributed by atoms with Crippen molar-refractivity contribution >= 4 is 0 Å². The number of piperidine rings is 1. The topological polar surface area (TPSA) is 49.2 Å². The second kappa shape index (κ2) is 7.89. The van der Waals surface area contributed by atoms with Gasteiger partial charge < -0.3 is 4.74 Å². The lowest BCUT2D eigenvalue weighted by Crippen LogP contribution is -2.37. The molecule has 0 amide bonds. The summed E-state index contributed by atoms with van der Waals surface area (Å²) < 4.78 is 19.9. The van der Waals surface area contributed by atoms with Crippen molar-refractivity contribution in [3.63, 3.8) is 0 Å². The van der Waals surface area contributed by atoms with Crippen LogP contribution >= 0.6 is 0 Å². The van der Waals surface area contributed by atoms with Gasteiger partial charge in [0.1, 0.15) is 11.6 Å². The van der Waals surface area contributed by atoms with Crippen molar-refractivity contribution in [3.05, 3.63) is 59.7 Å². The molecule has 1 aliphatic rings.